The molecule has 1 fully saturated rings. The zero-order chi connectivity index (χ0) is 15.4. The van der Waals surface area contributed by atoms with Crippen molar-refractivity contribution < 1.29 is 9.90 Å². The number of aliphatic hydroxyl groups is 1. The van der Waals surface area contributed by atoms with Crippen LogP contribution in [0.4, 0.5) is 5.69 Å². The van der Waals surface area contributed by atoms with E-state index in [1.165, 1.54) is 0 Å². The Balaban J connectivity index is 1.57. The first kappa shape index (κ1) is 15.1. The summed E-state index contributed by atoms with van der Waals surface area (Å²) in [6.45, 7) is 2.30. The van der Waals surface area contributed by atoms with Gasteiger partial charge in [0.15, 0.2) is 0 Å². The van der Waals surface area contributed by atoms with Crippen LogP contribution >= 0.6 is 11.3 Å². The van der Waals surface area contributed by atoms with Gasteiger partial charge in [0.2, 0.25) is 0 Å². The third kappa shape index (κ3) is 3.67. The number of benzene rings is 1. The molecule has 1 amide bonds. The van der Waals surface area contributed by atoms with Gasteiger partial charge in [0.1, 0.15) is 0 Å². The van der Waals surface area contributed by atoms with Crippen molar-refractivity contribution in [3.05, 3.63) is 52.2 Å². The fourth-order valence-electron chi connectivity index (χ4n) is 2.63. The maximum Gasteiger partial charge on any atom is 0.251 e. The minimum absolute atomic E-state index is 0.0492. The molecule has 0 unspecified atom stereocenters. The predicted octanol–water partition coefficient (Wildman–Crippen LogP) is 2.64. The quantitative estimate of drug-likeness (QED) is 0.912. The first-order chi connectivity index (χ1) is 10.7. The van der Waals surface area contributed by atoms with Crippen LogP contribution in [-0.2, 0) is 6.54 Å². The summed E-state index contributed by atoms with van der Waals surface area (Å²) in [4.78, 5) is 14.4. The topological polar surface area (TPSA) is 52.6 Å². The molecule has 22 heavy (non-hydrogen) atoms. The summed E-state index contributed by atoms with van der Waals surface area (Å²) in [5.41, 5.74) is 2.92. The van der Waals surface area contributed by atoms with Gasteiger partial charge in [-0.3, -0.25) is 4.79 Å². The largest absolute Gasteiger partial charge is 0.393 e. The second kappa shape index (κ2) is 6.94. The van der Waals surface area contributed by atoms with Crippen molar-refractivity contribution in [2.45, 2.75) is 25.5 Å². The molecule has 1 aliphatic rings. The van der Waals surface area contributed by atoms with Crippen molar-refractivity contribution in [3.8, 4) is 0 Å². The van der Waals surface area contributed by atoms with Gasteiger partial charge in [-0.25, -0.2) is 0 Å². The standard InChI is InChI=1S/C17H20N2O2S/c20-16-5-8-19(9-6-16)15-3-1-14(2-4-15)17(21)18-11-13-7-10-22-12-13/h1-4,7,10,12,16,20H,5-6,8-9,11H2,(H,18,21). The number of rotatable bonds is 4. The molecule has 0 atom stereocenters. The summed E-state index contributed by atoms with van der Waals surface area (Å²) in [6, 6.07) is 9.71. The number of hydrogen-bond donors (Lipinski definition) is 2. The van der Waals surface area contributed by atoms with Crippen LogP contribution in [0.25, 0.3) is 0 Å². The maximum atomic E-state index is 12.1. The number of anilines is 1. The van der Waals surface area contributed by atoms with Crippen molar-refractivity contribution >= 4 is 22.9 Å². The lowest BCUT2D eigenvalue weighted by molar-refractivity contribution is 0.0951. The molecular weight excluding hydrogens is 296 g/mol. The van der Waals surface area contributed by atoms with E-state index in [-0.39, 0.29) is 12.0 Å². The highest BCUT2D eigenvalue weighted by Crippen LogP contribution is 2.20. The molecule has 2 heterocycles. The maximum absolute atomic E-state index is 12.1. The Hall–Kier alpha value is -1.85. The number of carbonyl (C=O) groups excluding carboxylic acids is 1. The van der Waals surface area contributed by atoms with Crippen LogP contribution in [0.2, 0.25) is 0 Å². The molecule has 116 valence electrons. The number of amides is 1. The Labute approximate surface area is 134 Å². The van der Waals surface area contributed by atoms with Gasteiger partial charge in [0, 0.05) is 30.9 Å². The van der Waals surface area contributed by atoms with Crippen molar-refractivity contribution in [2.24, 2.45) is 0 Å². The number of aliphatic hydroxyl groups excluding tert-OH is 1. The van der Waals surface area contributed by atoms with Crippen molar-refractivity contribution in [3.63, 3.8) is 0 Å². The average Bonchev–Trinajstić information content (AvgIpc) is 3.07. The van der Waals surface area contributed by atoms with E-state index < -0.39 is 0 Å². The van der Waals surface area contributed by atoms with E-state index in [1.807, 2.05) is 41.1 Å². The second-order valence-electron chi connectivity index (χ2n) is 5.58. The molecule has 0 saturated carbocycles. The number of nitrogens with one attached hydrogen (secondary N) is 1. The van der Waals surface area contributed by atoms with Crippen LogP contribution in [0.5, 0.6) is 0 Å². The van der Waals surface area contributed by atoms with E-state index in [4.69, 9.17) is 0 Å². The van der Waals surface area contributed by atoms with Crippen LogP contribution in [0.1, 0.15) is 28.8 Å². The van der Waals surface area contributed by atoms with E-state index in [0.717, 1.165) is 37.2 Å². The highest BCUT2D eigenvalue weighted by atomic mass is 32.1. The van der Waals surface area contributed by atoms with Gasteiger partial charge in [0.05, 0.1) is 6.10 Å². The minimum atomic E-state index is -0.168. The highest BCUT2D eigenvalue weighted by Gasteiger charge is 2.17. The number of nitrogens with zero attached hydrogens (tertiary/aromatic N) is 1. The van der Waals surface area contributed by atoms with Gasteiger partial charge in [-0.2, -0.15) is 11.3 Å². The van der Waals surface area contributed by atoms with Crippen LogP contribution in [0.15, 0.2) is 41.1 Å². The van der Waals surface area contributed by atoms with Gasteiger partial charge < -0.3 is 15.3 Å². The fraction of sp³-hybridized carbons (Fsp3) is 0.353. The van der Waals surface area contributed by atoms with E-state index in [0.29, 0.717) is 12.1 Å². The lowest BCUT2D eigenvalue weighted by Crippen LogP contribution is -2.35. The van der Waals surface area contributed by atoms with Crippen LogP contribution in [0.3, 0.4) is 0 Å². The minimum Gasteiger partial charge on any atom is -0.393 e. The van der Waals surface area contributed by atoms with Crippen molar-refractivity contribution in [1.29, 1.82) is 0 Å². The first-order valence-electron chi connectivity index (χ1n) is 7.55. The number of piperidine rings is 1. The van der Waals surface area contributed by atoms with Crippen molar-refractivity contribution in [2.75, 3.05) is 18.0 Å². The molecule has 0 radical (unpaired) electrons. The van der Waals surface area contributed by atoms with Crippen molar-refractivity contribution in [1.82, 2.24) is 5.32 Å². The Kier molecular flexibility index (Phi) is 4.75. The fourth-order valence-corrected chi connectivity index (χ4v) is 3.29. The van der Waals surface area contributed by atoms with Gasteiger partial charge in [-0.15, -0.1) is 0 Å². The summed E-state index contributed by atoms with van der Waals surface area (Å²) in [7, 11) is 0. The Morgan fingerprint density at radius 3 is 2.59 bits per heavy atom. The smallest absolute Gasteiger partial charge is 0.251 e. The molecule has 2 aromatic rings. The van der Waals surface area contributed by atoms with E-state index in [2.05, 4.69) is 10.2 Å². The molecule has 0 bridgehead atoms. The SMILES string of the molecule is O=C(NCc1ccsc1)c1ccc(N2CCC(O)CC2)cc1. The monoisotopic (exact) mass is 316 g/mol. The number of carbonyl (C=O) groups is 1. The van der Waals surface area contributed by atoms with E-state index in [9.17, 15) is 9.90 Å². The number of thiophene rings is 1. The van der Waals surface area contributed by atoms with Gasteiger partial charge in [-0.1, -0.05) is 0 Å². The van der Waals surface area contributed by atoms with Crippen LogP contribution in [-0.4, -0.2) is 30.2 Å². The summed E-state index contributed by atoms with van der Waals surface area (Å²) >= 11 is 1.63. The zero-order valence-corrected chi connectivity index (χ0v) is 13.2. The lowest BCUT2D eigenvalue weighted by Gasteiger charge is -2.31. The molecule has 1 aliphatic heterocycles. The second-order valence-corrected chi connectivity index (χ2v) is 6.36. The molecule has 1 aromatic carbocycles. The summed E-state index contributed by atoms with van der Waals surface area (Å²) < 4.78 is 0. The molecule has 1 aromatic heterocycles. The molecule has 4 nitrogen and oxygen atoms in total. The molecule has 0 aliphatic carbocycles. The summed E-state index contributed by atoms with van der Waals surface area (Å²) in [6.07, 6.45) is 1.45. The molecule has 2 N–H and O–H groups in total. The summed E-state index contributed by atoms with van der Waals surface area (Å²) in [5.74, 6) is -0.0492. The van der Waals surface area contributed by atoms with Gasteiger partial charge in [-0.05, 0) is 59.5 Å². The average molecular weight is 316 g/mol. The summed E-state index contributed by atoms with van der Waals surface area (Å²) in [5, 5.41) is 16.5. The third-order valence-electron chi connectivity index (χ3n) is 3.99. The molecule has 1 saturated heterocycles. The van der Waals surface area contributed by atoms with Gasteiger partial charge >= 0.3 is 0 Å². The molecule has 0 spiro atoms. The van der Waals surface area contributed by atoms with Gasteiger partial charge in [0.25, 0.3) is 5.91 Å². The Morgan fingerprint density at radius 2 is 1.95 bits per heavy atom. The molecule has 5 heteroatoms. The highest BCUT2D eigenvalue weighted by molar-refractivity contribution is 7.07. The first-order valence-corrected chi connectivity index (χ1v) is 8.49. The Morgan fingerprint density at radius 1 is 1.23 bits per heavy atom. The Bertz CT molecular complexity index is 602. The number of hydrogen-bond acceptors (Lipinski definition) is 4. The van der Waals surface area contributed by atoms with E-state index >= 15 is 0 Å². The third-order valence-corrected chi connectivity index (χ3v) is 4.72. The normalized spacial score (nSPS) is 15.8. The van der Waals surface area contributed by atoms with E-state index in [1.54, 1.807) is 11.3 Å². The lowest BCUT2D eigenvalue weighted by atomic mass is 10.1. The van der Waals surface area contributed by atoms with Crippen LogP contribution < -0.4 is 10.2 Å². The predicted molar refractivity (Wildman–Crippen MR) is 89.4 cm³/mol. The molecule has 3 rings (SSSR count). The zero-order valence-electron chi connectivity index (χ0n) is 12.4. The van der Waals surface area contributed by atoms with Crippen LogP contribution in [0, 0.1) is 0 Å². The molecular formula is C17H20N2O2S.